The second kappa shape index (κ2) is 5.03. The van der Waals surface area contributed by atoms with Gasteiger partial charge in [0, 0.05) is 19.0 Å². The Kier molecular flexibility index (Phi) is 3.97. The molecule has 0 aliphatic carbocycles. The van der Waals surface area contributed by atoms with Crippen molar-refractivity contribution in [2.75, 3.05) is 13.6 Å². The SMILES string of the molecule is CC(Cl)CN(C)C(=O)c1ccccc1O. The summed E-state index contributed by atoms with van der Waals surface area (Å²) in [6, 6.07) is 6.47. The van der Waals surface area contributed by atoms with Gasteiger partial charge >= 0.3 is 0 Å². The van der Waals surface area contributed by atoms with Gasteiger partial charge in [0.1, 0.15) is 5.75 Å². The number of benzene rings is 1. The summed E-state index contributed by atoms with van der Waals surface area (Å²) in [7, 11) is 1.66. The number of para-hydroxylation sites is 1. The Morgan fingerprint density at radius 1 is 1.53 bits per heavy atom. The van der Waals surface area contributed by atoms with E-state index in [2.05, 4.69) is 0 Å². The Labute approximate surface area is 94.3 Å². The third-order valence-electron chi connectivity index (χ3n) is 2.01. The molecular weight excluding hydrogens is 214 g/mol. The van der Waals surface area contributed by atoms with E-state index >= 15 is 0 Å². The first kappa shape index (κ1) is 11.9. The summed E-state index contributed by atoms with van der Waals surface area (Å²) >= 11 is 5.79. The number of hydrogen-bond acceptors (Lipinski definition) is 2. The van der Waals surface area contributed by atoms with E-state index in [4.69, 9.17) is 11.6 Å². The highest BCUT2D eigenvalue weighted by molar-refractivity contribution is 6.20. The molecule has 1 unspecified atom stereocenters. The zero-order chi connectivity index (χ0) is 11.4. The van der Waals surface area contributed by atoms with Crippen LogP contribution >= 0.6 is 11.6 Å². The predicted octanol–water partition coefficient (Wildman–Crippen LogP) is 2.09. The maximum atomic E-state index is 11.8. The lowest BCUT2D eigenvalue weighted by Crippen LogP contribution is -2.31. The van der Waals surface area contributed by atoms with E-state index in [9.17, 15) is 9.90 Å². The smallest absolute Gasteiger partial charge is 0.257 e. The number of hydrogen-bond donors (Lipinski definition) is 1. The standard InChI is InChI=1S/C11H14ClNO2/c1-8(12)7-13(2)11(15)9-5-3-4-6-10(9)14/h3-6,8,14H,7H2,1-2H3. The van der Waals surface area contributed by atoms with Gasteiger partial charge in [-0.3, -0.25) is 4.79 Å². The van der Waals surface area contributed by atoms with Crippen molar-refractivity contribution >= 4 is 17.5 Å². The van der Waals surface area contributed by atoms with Gasteiger partial charge in [0.2, 0.25) is 0 Å². The van der Waals surface area contributed by atoms with Gasteiger partial charge in [0.05, 0.1) is 5.56 Å². The molecule has 15 heavy (non-hydrogen) atoms. The first-order valence-corrected chi connectivity index (χ1v) is 5.13. The molecule has 1 N–H and O–H groups in total. The van der Waals surface area contributed by atoms with Crippen LogP contribution in [-0.4, -0.2) is 34.9 Å². The van der Waals surface area contributed by atoms with Gasteiger partial charge in [-0.05, 0) is 19.1 Å². The minimum absolute atomic E-state index is 0.00317. The summed E-state index contributed by atoms with van der Waals surface area (Å²) in [6.07, 6.45) is 0. The topological polar surface area (TPSA) is 40.5 Å². The fourth-order valence-corrected chi connectivity index (χ4v) is 1.53. The van der Waals surface area contributed by atoms with Crippen molar-refractivity contribution in [3.8, 4) is 5.75 Å². The average Bonchev–Trinajstić information content (AvgIpc) is 2.16. The summed E-state index contributed by atoms with van der Waals surface area (Å²) in [5, 5.41) is 9.38. The minimum Gasteiger partial charge on any atom is -0.507 e. The summed E-state index contributed by atoms with van der Waals surface area (Å²) in [4.78, 5) is 13.3. The van der Waals surface area contributed by atoms with Crippen LogP contribution in [0.5, 0.6) is 5.75 Å². The number of alkyl halides is 1. The monoisotopic (exact) mass is 227 g/mol. The number of carbonyl (C=O) groups excluding carboxylic acids is 1. The minimum atomic E-state index is -0.222. The quantitative estimate of drug-likeness (QED) is 0.804. The number of phenolic OH excluding ortho intramolecular Hbond substituents is 1. The van der Waals surface area contributed by atoms with Gasteiger partial charge in [0.25, 0.3) is 5.91 Å². The van der Waals surface area contributed by atoms with Crippen LogP contribution in [0.15, 0.2) is 24.3 Å². The van der Waals surface area contributed by atoms with Crippen molar-refractivity contribution in [1.29, 1.82) is 0 Å². The van der Waals surface area contributed by atoms with Gasteiger partial charge in [-0.1, -0.05) is 12.1 Å². The second-order valence-electron chi connectivity index (χ2n) is 3.48. The molecule has 0 fully saturated rings. The normalized spacial score (nSPS) is 12.2. The molecule has 0 spiro atoms. The molecule has 1 aromatic carbocycles. The average molecular weight is 228 g/mol. The molecular formula is C11H14ClNO2. The van der Waals surface area contributed by atoms with Crippen molar-refractivity contribution in [1.82, 2.24) is 4.90 Å². The molecule has 0 aliphatic heterocycles. The third kappa shape index (κ3) is 3.13. The van der Waals surface area contributed by atoms with Crippen molar-refractivity contribution in [2.24, 2.45) is 0 Å². The second-order valence-corrected chi connectivity index (χ2v) is 4.23. The molecule has 82 valence electrons. The highest BCUT2D eigenvalue weighted by Crippen LogP contribution is 2.17. The summed E-state index contributed by atoms with van der Waals surface area (Å²) in [6.45, 7) is 2.27. The maximum absolute atomic E-state index is 11.8. The molecule has 4 heteroatoms. The van der Waals surface area contributed by atoms with Crippen molar-refractivity contribution in [2.45, 2.75) is 12.3 Å². The number of phenols is 1. The van der Waals surface area contributed by atoms with E-state index in [1.807, 2.05) is 6.92 Å². The molecule has 0 saturated carbocycles. The van der Waals surface area contributed by atoms with Gasteiger partial charge in [-0.2, -0.15) is 0 Å². The number of carbonyl (C=O) groups is 1. The van der Waals surface area contributed by atoms with Crippen LogP contribution in [0.4, 0.5) is 0 Å². The zero-order valence-corrected chi connectivity index (χ0v) is 9.53. The first-order valence-electron chi connectivity index (χ1n) is 4.70. The zero-order valence-electron chi connectivity index (χ0n) is 8.77. The number of halogens is 1. The molecule has 3 nitrogen and oxygen atoms in total. The molecule has 1 aromatic rings. The van der Waals surface area contributed by atoms with Gasteiger partial charge in [-0.15, -0.1) is 11.6 Å². The number of amides is 1. The summed E-state index contributed by atoms with van der Waals surface area (Å²) < 4.78 is 0. The molecule has 1 rings (SSSR count). The van der Waals surface area contributed by atoms with Crippen LogP contribution in [-0.2, 0) is 0 Å². The van der Waals surface area contributed by atoms with Crippen LogP contribution in [0, 0.1) is 0 Å². The summed E-state index contributed by atoms with van der Waals surface area (Å²) in [5.41, 5.74) is 0.303. The Morgan fingerprint density at radius 2 is 2.13 bits per heavy atom. The third-order valence-corrected chi connectivity index (χ3v) is 2.14. The van der Waals surface area contributed by atoms with Crippen molar-refractivity contribution in [3.63, 3.8) is 0 Å². The van der Waals surface area contributed by atoms with Gasteiger partial charge < -0.3 is 10.0 Å². The Bertz CT molecular complexity index is 352. The molecule has 0 saturated heterocycles. The summed E-state index contributed by atoms with van der Waals surface area (Å²) in [5.74, 6) is -0.225. The van der Waals surface area contributed by atoms with E-state index in [0.717, 1.165) is 0 Å². The Balaban J connectivity index is 2.81. The van der Waals surface area contributed by atoms with Crippen LogP contribution in [0.3, 0.4) is 0 Å². The molecule has 1 atom stereocenters. The first-order chi connectivity index (χ1) is 7.02. The van der Waals surface area contributed by atoms with Crippen LogP contribution < -0.4 is 0 Å². The molecule has 0 aromatic heterocycles. The van der Waals surface area contributed by atoms with E-state index < -0.39 is 0 Å². The fraction of sp³-hybridized carbons (Fsp3) is 0.364. The van der Waals surface area contributed by atoms with E-state index in [0.29, 0.717) is 12.1 Å². The van der Waals surface area contributed by atoms with Crippen LogP contribution in [0.1, 0.15) is 17.3 Å². The molecule has 0 radical (unpaired) electrons. The van der Waals surface area contributed by atoms with Gasteiger partial charge in [-0.25, -0.2) is 0 Å². The molecule has 0 bridgehead atoms. The molecule has 0 heterocycles. The fourth-order valence-electron chi connectivity index (χ4n) is 1.32. The Morgan fingerprint density at radius 3 is 2.67 bits per heavy atom. The van der Waals surface area contributed by atoms with E-state index in [-0.39, 0.29) is 17.0 Å². The van der Waals surface area contributed by atoms with Crippen LogP contribution in [0.2, 0.25) is 0 Å². The maximum Gasteiger partial charge on any atom is 0.257 e. The predicted molar refractivity (Wildman–Crippen MR) is 60.4 cm³/mol. The number of rotatable bonds is 3. The highest BCUT2D eigenvalue weighted by atomic mass is 35.5. The van der Waals surface area contributed by atoms with E-state index in [1.165, 1.54) is 11.0 Å². The van der Waals surface area contributed by atoms with Crippen molar-refractivity contribution in [3.05, 3.63) is 29.8 Å². The number of nitrogens with zero attached hydrogens (tertiary/aromatic N) is 1. The molecule has 1 amide bonds. The lowest BCUT2D eigenvalue weighted by Gasteiger charge is -2.18. The van der Waals surface area contributed by atoms with Gasteiger partial charge in [0.15, 0.2) is 0 Å². The van der Waals surface area contributed by atoms with E-state index in [1.54, 1.807) is 25.2 Å². The van der Waals surface area contributed by atoms with Crippen molar-refractivity contribution < 1.29 is 9.90 Å². The molecule has 0 aliphatic rings. The lowest BCUT2D eigenvalue weighted by atomic mass is 10.2. The number of aromatic hydroxyl groups is 1. The lowest BCUT2D eigenvalue weighted by molar-refractivity contribution is 0.0793. The largest absolute Gasteiger partial charge is 0.507 e. The Hall–Kier alpha value is -1.22. The highest BCUT2D eigenvalue weighted by Gasteiger charge is 2.15. The van der Waals surface area contributed by atoms with Crippen LogP contribution in [0.25, 0.3) is 0 Å².